The molecule has 1 aromatic carbocycles. The highest BCUT2D eigenvalue weighted by atomic mass is 32.2. The number of benzene rings is 1. The predicted molar refractivity (Wildman–Crippen MR) is 99.8 cm³/mol. The van der Waals surface area contributed by atoms with Gasteiger partial charge in [0.05, 0.1) is 10.9 Å². The first-order valence-corrected chi connectivity index (χ1v) is 10.1. The second kappa shape index (κ2) is 7.89. The molecule has 2 heterocycles. The number of hydrazine groups is 1. The maximum atomic E-state index is 12.1. The minimum atomic E-state index is -3.38. The van der Waals surface area contributed by atoms with E-state index in [0.29, 0.717) is 17.4 Å². The normalized spacial score (nSPS) is 20.8. The molecule has 1 fully saturated rings. The Bertz CT molecular complexity index is 830. The molecule has 2 atom stereocenters. The van der Waals surface area contributed by atoms with E-state index in [1.54, 1.807) is 12.1 Å². The van der Waals surface area contributed by atoms with Gasteiger partial charge in [-0.15, -0.1) is 0 Å². The molecule has 2 unspecified atom stereocenters. The zero-order chi connectivity index (χ0) is 18.7. The van der Waals surface area contributed by atoms with Gasteiger partial charge in [0.1, 0.15) is 11.5 Å². The lowest BCUT2D eigenvalue weighted by Crippen LogP contribution is -2.28. The highest BCUT2D eigenvalue weighted by Gasteiger charge is 2.30. The number of sulfonamides is 1. The molecule has 0 radical (unpaired) electrons. The molecule has 3 rings (SSSR count). The molecule has 26 heavy (non-hydrogen) atoms. The second-order valence-electron chi connectivity index (χ2n) is 6.77. The van der Waals surface area contributed by atoms with Crippen molar-refractivity contribution in [3.05, 3.63) is 53.5 Å². The van der Waals surface area contributed by atoms with Gasteiger partial charge in [-0.25, -0.2) is 18.1 Å². The van der Waals surface area contributed by atoms with Crippen molar-refractivity contribution < 1.29 is 12.8 Å². The fourth-order valence-electron chi connectivity index (χ4n) is 3.04. The SMILES string of the molecule is Cc1ccc(C2NNCC2CNCc2ccc(S(=O)(=O)N(C)C)cc2)o1. The molecule has 0 aliphatic carbocycles. The first kappa shape index (κ1) is 19.1. The maximum absolute atomic E-state index is 12.1. The van der Waals surface area contributed by atoms with Crippen LogP contribution in [0.4, 0.5) is 0 Å². The van der Waals surface area contributed by atoms with Crippen molar-refractivity contribution in [2.75, 3.05) is 27.2 Å². The Hall–Kier alpha value is -1.71. The molecule has 1 aliphatic rings. The van der Waals surface area contributed by atoms with Crippen molar-refractivity contribution in [1.82, 2.24) is 20.5 Å². The summed E-state index contributed by atoms with van der Waals surface area (Å²) in [5.41, 5.74) is 7.50. The molecule has 1 aromatic heterocycles. The number of hydrogen-bond donors (Lipinski definition) is 3. The van der Waals surface area contributed by atoms with E-state index in [2.05, 4.69) is 16.2 Å². The van der Waals surface area contributed by atoms with Crippen LogP contribution in [0.3, 0.4) is 0 Å². The third kappa shape index (κ3) is 4.16. The van der Waals surface area contributed by atoms with Crippen molar-refractivity contribution in [2.45, 2.75) is 24.4 Å². The lowest BCUT2D eigenvalue weighted by atomic mass is 10.00. The van der Waals surface area contributed by atoms with E-state index in [0.717, 1.165) is 30.2 Å². The number of nitrogens with one attached hydrogen (secondary N) is 3. The summed E-state index contributed by atoms with van der Waals surface area (Å²) in [7, 11) is -0.311. The molecule has 0 amide bonds. The molecule has 8 heteroatoms. The molecule has 142 valence electrons. The van der Waals surface area contributed by atoms with E-state index >= 15 is 0 Å². The fourth-order valence-corrected chi connectivity index (χ4v) is 3.94. The molecular formula is C18H26N4O3S. The van der Waals surface area contributed by atoms with Gasteiger partial charge in [0.2, 0.25) is 10.0 Å². The van der Waals surface area contributed by atoms with Crippen molar-refractivity contribution in [2.24, 2.45) is 5.92 Å². The van der Waals surface area contributed by atoms with E-state index in [1.165, 1.54) is 18.4 Å². The van der Waals surface area contributed by atoms with Crippen molar-refractivity contribution in [3.8, 4) is 0 Å². The third-order valence-electron chi connectivity index (χ3n) is 4.60. The number of rotatable bonds is 7. The average molecular weight is 378 g/mol. The summed E-state index contributed by atoms with van der Waals surface area (Å²) in [5.74, 6) is 2.22. The quantitative estimate of drug-likeness (QED) is 0.675. The summed E-state index contributed by atoms with van der Waals surface area (Å²) in [6.07, 6.45) is 0. The van der Waals surface area contributed by atoms with Crippen LogP contribution in [-0.2, 0) is 16.6 Å². The summed E-state index contributed by atoms with van der Waals surface area (Å²) < 4.78 is 31.1. The average Bonchev–Trinajstić information content (AvgIpc) is 3.24. The summed E-state index contributed by atoms with van der Waals surface area (Å²) in [6.45, 7) is 4.31. The van der Waals surface area contributed by atoms with Gasteiger partial charge in [-0.3, -0.25) is 5.43 Å². The van der Waals surface area contributed by atoms with Crippen LogP contribution < -0.4 is 16.2 Å². The molecule has 0 saturated carbocycles. The lowest BCUT2D eigenvalue weighted by Gasteiger charge is -2.17. The Morgan fingerprint density at radius 3 is 2.54 bits per heavy atom. The van der Waals surface area contributed by atoms with Gasteiger partial charge in [0.15, 0.2) is 0 Å². The highest BCUT2D eigenvalue weighted by molar-refractivity contribution is 7.89. The van der Waals surface area contributed by atoms with Crippen LogP contribution in [-0.4, -0.2) is 39.9 Å². The van der Waals surface area contributed by atoms with Gasteiger partial charge in [-0.1, -0.05) is 12.1 Å². The monoisotopic (exact) mass is 378 g/mol. The molecule has 7 nitrogen and oxygen atoms in total. The largest absolute Gasteiger partial charge is 0.465 e. The number of aryl methyl sites for hydroxylation is 1. The van der Waals surface area contributed by atoms with Crippen molar-refractivity contribution >= 4 is 10.0 Å². The van der Waals surface area contributed by atoms with Crippen LogP contribution in [0.2, 0.25) is 0 Å². The third-order valence-corrected chi connectivity index (χ3v) is 6.43. The van der Waals surface area contributed by atoms with E-state index in [9.17, 15) is 8.42 Å². The minimum absolute atomic E-state index is 0.142. The standard InChI is InChI=1S/C18H26N4O3S/c1-13-4-9-17(25-13)18-15(12-20-21-18)11-19-10-14-5-7-16(8-6-14)26(23,24)22(2)3/h4-9,15,18-21H,10-12H2,1-3H3. The zero-order valence-corrected chi connectivity index (χ0v) is 16.1. The van der Waals surface area contributed by atoms with E-state index in [-0.39, 0.29) is 6.04 Å². The molecule has 0 spiro atoms. The minimum Gasteiger partial charge on any atom is -0.465 e. The zero-order valence-electron chi connectivity index (χ0n) is 15.3. The lowest BCUT2D eigenvalue weighted by molar-refractivity contribution is 0.360. The highest BCUT2D eigenvalue weighted by Crippen LogP contribution is 2.26. The van der Waals surface area contributed by atoms with Crippen LogP contribution in [0.1, 0.15) is 23.1 Å². The van der Waals surface area contributed by atoms with Crippen LogP contribution in [0.15, 0.2) is 45.7 Å². The molecule has 1 saturated heterocycles. The number of nitrogens with zero attached hydrogens (tertiary/aromatic N) is 1. The van der Waals surface area contributed by atoms with E-state index in [1.807, 2.05) is 31.2 Å². The van der Waals surface area contributed by atoms with Crippen molar-refractivity contribution in [3.63, 3.8) is 0 Å². The maximum Gasteiger partial charge on any atom is 0.242 e. The van der Waals surface area contributed by atoms with Crippen LogP contribution in [0.5, 0.6) is 0 Å². The summed E-state index contributed by atoms with van der Waals surface area (Å²) in [6, 6.07) is 11.1. The second-order valence-corrected chi connectivity index (χ2v) is 8.93. The van der Waals surface area contributed by atoms with Gasteiger partial charge >= 0.3 is 0 Å². The molecular weight excluding hydrogens is 352 g/mol. The number of hydrogen-bond acceptors (Lipinski definition) is 6. The van der Waals surface area contributed by atoms with Gasteiger partial charge in [-0.05, 0) is 36.8 Å². The Labute approximate surface area is 154 Å². The van der Waals surface area contributed by atoms with Gasteiger partial charge in [-0.2, -0.15) is 0 Å². The Kier molecular flexibility index (Phi) is 5.79. The molecule has 2 aromatic rings. The smallest absolute Gasteiger partial charge is 0.242 e. The Morgan fingerprint density at radius 1 is 1.19 bits per heavy atom. The fraction of sp³-hybridized carbons (Fsp3) is 0.444. The van der Waals surface area contributed by atoms with E-state index in [4.69, 9.17) is 4.42 Å². The Morgan fingerprint density at radius 2 is 1.92 bits per heavy atom. The molecule has 3 N–H and O–H groups in total. The Balaban J connectivity index is 1.55. The summed E-state index contributed by atoms with van der Waals surface area (Å²) in [4.78, 5) is 0.309. The predicted octanol–water partition coefficient (Wildman–Crippen LogP) is 1.39. The van der Waals surface area contributed by atoms with E-state index < -0.39 is 10.0 Å². The van der Waals surface area contributed by atoms with Crippen LogP contribution in [0, 0.1) is 12.8 Å². The molecule has 0 bridgehead atoms. The summed E-state index contributed by atoms with van der Waals surface area (Å²) >= 11 is 0. The summed E-state index contributed by atoms with van der Waals surface area (Å²) in [5, 5.41) is 3.45. The van der Waals surface area contributed by atoms with Crippen molar-refractivity contribution in [1.29, 1.82) is 0 Å². The molecule has 1 aliphatic heterocycles. The topological polar surface area (TPSA) is 86.6 Å². The van der Waals surface area contributed by atoms with Gasteiger partial charge in [0, 0.05) is 39.6 Å². The van der Waals surface area contributed by atoms with Gasteiger partial charge < -0.3 is 9.73 Å². The van der Waals surface area contributed by atoms with Crippen LogP contribution >= 0.6 is 0 Å². The van der Waals surface area contributed by atoms with Crippen LogP contribution in [0.25, 0.3) is 0 Å². The van der Waals surface area contributed by atoms with Gasteiger partial charge in [0.25, 0.3) is 0 Å². The first-order valence-electron chi connectivity index (χ1n) is 8.65. The number of furan rings is 1. The first-order chi connectivity index (χ1) is 12.4.